The minimum atomic E-state index is -0.843. The van der Waals surface area contributed by atoms with Crippen LogP contribution in [0, 0.1) is 11.8 Å². The predicted molar refractivity (Wildman–Crippen MR) is 71.1 cm³/mol. The Morgan fingerprint density at radius 3 is 2.53 bits per heavy atom. The van der Waals surface area contributed by atoms with Crippen molar-refractivity contribution in [2.24, 2.45) is 11.8 Å². The van der Waals surface area contributed by atoms with Crippen molar-refractivity contribution in [3.8, 4) is 0 Å². The van der Waals surface area contributed by atoms with E-state index in [1.165, 1.54) is 0 Å². The Morgan fingerprint density at radius 2 is 2.00 bits per heavy atom. The van der Waals surface area contributed by atoms with Gasteiger partial charge < -0.3 is 20.4 Å². The van der Waals surface area contributed by atoms with E-state index in [0.717, 1.165) is 13.1 Å². The van der Waals surface area contributed by atoms with Crippen molar-refractivity contribution in [1.29, 1.82) is 0 Å². The highest BCUT2D eigenvalue weighted by Crippen LogP contribution is 2.17. The molecule has 1 aliphatic rings. The lowest BCUT2D eigenvalue weighted by Crippen LogP contribution is -2.51. The highest BCUT2D eigenvalue weighted by atomic mass is 16.4. The maximum atomic E-state index is 11.2. The molecule has 110 valence electrons. The molecule has 0 radical (unpaired) electrons. The smallest absolute Gasteiger partial charge is 0.307 e. The quantitative estimate of drug-likeness (QED) is 0.624. The molecule has 0 spiro atoms. The van der Waals surface area contributed by atoms with Crippen LogP contribution in [0.5, 0.6) is 0 Å². The van der Waals surface area contributed by atoms with Crippen LogP contribution < -0.4 is 5.32 Å². The van der Waals surface area contributed by atoms with Crippen molar-refractivity contribution in [2.45, 2.75) is 32.7 Å². The fourth-order valence-electron chi connectivity index (χ4n) is 2.36. The Balaban J connectivity index is 2.52. The Morgan fingerprint density at radius 1 is 1.32 bits per heavy atom. The van der Waals surface area contributed by atoms with Gasteiger partial charge in [0.25, 0.3) is 0 Å². The van der Waals surface area contributed by atoms with E-state index in [2.05, 4.69) is 19.2 Å². The highest BCUT2D eigenvalue weighted by Gasteiger charge is 2.31. The first-order valence-corrected chi connectivity index (χ1v) is 6.78. The number of rotatable bonds is 7. The fourth-order valence-corrected chi connectivity index (χ4v) is 2.36. The van der Waals surface area contributed by atoms with E-state index in [-0.39, 0.29) is 12.5 Å². The second-order valence-electron chi connectivity index (χ2n) is 5.67. The van der Waals surface area contributed by atoms with E-state index in [1.807, 2.05) is 4.90 Å². The molecule has 0 bridgehead atoms. The van der Waals surface area contributed by atoms with E-state index in [1.54, 1.807) is 0 Å². The van der Waals surface area contributed by atoms with Gasteiger partial charge in [-0.2, -0.15) is 0 Å². The molecule has 0 aromatic carbocycles. The molecule has 0 amide bonds. The zero-order valence-electron chi connectivity index (χ0n) is 11.6. The van der Waals surface area contributed by atoms with Gasteiger partial charge in [-0.3, -0.25) is 9.59 Å². The largest absolute Gasteiger partial charge is 0.481 e. The van der Waals surface area contributed by atoms with Crippen molar-refractivity contribution < 1.29 is 19.8 Å². The third-order valence-corrected chi connectivity index (χ3v) is 3.33. The molecule has 6 heteroatoms. The number of aliphatic carboxylic acids is 2. The zero-order chi connectivity index (χ0) is 14.4. The highest BCUT2D eigenvalue weighted by molar-refractivity contribution is 5.70. The summed E-state index contributed by atoms with van der Waals surface area (Å²) >= 11 is 0. The summed E-state index contributed by atoms with van der Waals surface area (Å²) in [6.07, 6.45) is 0.675. The topological polar surface area (TPSA) is 89.9 Å². The molecular weight excluding hydrogens is 248 g/mol. The molecule has 3 N–H and O–H groups in total. The fraction of sp³-hybridized carbons (Fsp3) is 0.846. The maximum absolute atomic E-state index is 11.2. The standard InChI is InChI=1S/C13H24N2O4/c1-9(2)6-14-11-5-10(13(18)19)7-15(8-11)4-3-12(16)17/h9-11,14H,3-8H2,1-2H3,(H,16,17)(H,18,19). The van der Waals surface area contributed by atoms with Crippen LogP contribution in [0.2, 0.25) is 0 Å². The number of nitrogens with zero attached hydrogens (tertiary/aromatic N) is 1. The molecule has 1 saturated heterocycles. The predicted octanol–water partition coefficient (Wildman–Crippen LogP) is 0.482. The van der Waals surface area contributed by atoms with Gasteiger partial charge in [-0.15, -0.1) is 0 Å². The molecule has 1 aliphatic heterocycles. The van der Waals surface area contributed by atoms with Crippen LogP contribution in [0.3, 0.4) is 0 Å². The number of nitrogens with one attached hydrogen (secondary N) is 1. The summed E-state index contributed by atoms with van der Waals surface area (Å²) in [6.45, 7) is 6.65. The summed E-state index contributed by atoms with van der Waals surface area (Å²) in [5.41, 5.74) is 0. The molecule has 19 heavy (non-hydrogen) atoms. The molecule has 2 atom stereocenters. The normalized spacial score (nSPS) is 24.6. The summed E-state index contributed by atoms with van der Waals surface area (Å²) in [5.74, 6) is -1.54. The second kappa shape index (κ2) is 7.45. The van der Waals surface area contributed by atoms with E-state index < -0.39 is 17.9 Å². The Hall–Kier alpha value is -1.14. The lowest BCUT2D eigenvalue weighted by Gasteiger charge is -2.36. The van der Waals surface area contributed by atoms with Crippen LogP contribution in [0.25, 0.3) is 0 Å². The molecule has 1 rings (SSSR count). The van der Waals surface area contributed by atoms with E-state index in [0.29, 0.717) is 25.4 Å². The molecule has 1 heterocycles. The zero-order valence-corrected chi connectivity index (χ0v) is 11.6. The van der Waals surface area contributed by atoms with Crippen molar-refractivity contribution in [3.63, 3.8) is 0 Å². The first-order chi connectivity index (χ1) is 8.88. The van der Waals surface area contributed by atoms with Gasteiger partial charge in [0.2, 0.25) is 0 Å². The Labute approximate surface area is 113 Å². The number of piperidine rings is 1. The second-order valence-corrected chi connectivity index (χ2v) is 5.67. The van der Waals surface area contributed by atoms with Crippen LogP contribution >= 0.6 is 0 Å². The summed E-state index contributed by atoms with van der Waals surface area (Å²) < 4.78 is 0. The van der Waals surface area contributed by atoms with E-state index in [9.17, 15) is 9.59 Å². The molecule has 0 saturated carbocycles. The number of hydrogen-bond acceptors (Lipinski definition) is 4. The minimum absolute atomic E-state index is 0.0588. The lowest BCUT2D eigenvalue weighted by molar-refractivity contribution is -0.144. The molecule has 0 aliphatic carbocycles. The average Bonchev–Trinajstić information content (AvgIpc) is 2.33. The van der Waals surface area contributed by atoms with Crippen molar-refractivity contribution in [1.82, 2.24) is 10.2 Å². The number of carboxylic acids is 2. The van der Waals surface area contributed by atoms with Gasteiger partial charge in [-0.05, 0) is 18.9 Å². The minimum Gasteiger partial charge on any atom is -0.481 e. The number of likely N-dealkylation sites (tertiary alicyclic amines) is 1. The van der Waals surface area contributed by atoms with E-state index >= 15 is 0 Å². The summed E-state index contributed by atoms with van der Waals surface area (Å²) in [7, 11) is 0. The van der Waals surface area contributed by atoms with Gasteiger partial charge in [0.1, 0.15) is 0 Å². The van der Waals surface area contributed by atoms with Crippen LogP contribution in [0.4, 0.5) is 0 Å². The lowest BCUT2D eigenvalue weighted by atomic mass is 9.94. The third kappa shape index (κ3) is 6.02. The average molecular weight is 272 g/mol. The monoisotopic (exact) mass is 272 g/mol. The maximum Gasteiger partial charge on any atom is 0.307 e. The van der Waals surface area contributed by atoms with Crippen LogP contribution in [0.15, 0.2) is 0 Å². The third-order valence-electron chi connectivity index (χ3n) is 3.33. The molecule has 1 fully saturated rings. The van der Waals surface area contributed by atoms with Gasteiger partial charge in [0.15, 0.2) is 0 Å². The van der Waals surface area contributed by atoms with Gasteiger partial charge >= 0.3 is 11.9 Å². The van der Waals surface area contributed by atoms with Crippen molar-refractivity contribution in [3.05, 3.63) is 0 Å². The Kier molecular flexibility index (Phi) is 6.24. The first-order valence-electron chi connectivity index (χ1n) is 6.78. The summed E-state index contributed by atoms with van der Waals surface area (Å²) in [5, 5.41) is 21.2. The molecule has 2 unspecified atom stereocenters. The van der Waals surface area contributed by atoms with Crippen molar-refractivity contribution in [2.75, 3.05) is 26.2 Å². The van der Waals surface area contributed by atoms with Crippen LogP contribution in [0.1, 0.15) is 26.7 Å². The van der Waals surface area contributed by atoms with Gasteiger partial charge in [-0.1, -0.05) is 13.8 Å². The molecule has 0 aromatic heterocycles. The van der Waals surface area contributed by atoms with Gasteiger partial charge in [-0.25, -0.2) is 0 Å². The summed E-state index contributed by atoms with van der Waals surface area (Å²) in [4.78, 5) is 23.7. The molecule has 0 aromatic rings. The Bertz CT molecular complexity index is 320. The number of hydrogen-bond donors (Lipinski definition) is 3. The van der Waals surface area contributed by atoms with E-state index in [4.69, 9.17) is 10.2 Å². The summed E-state index contributed by atoms with van der Waals surface area (Å²) in [6, 6.07) is 0.131. The van der Waals surface area contributed by atoms with Crippen LogP contribution in [-0.2, 0) is 9.59 Å². The molecular formula is C13H24N2O4. The van der Waals surface area contributed by atoms with Gasteiger partial charge in [0.05, 0.1) is 12.3 Å². The first kappa shape index (κ1) is 15.9. The molecule has 6 nitrogen and oxygen atoms in total. The number of carbonyl (C=O) groups is 2. The van der Waals surface area contributed by atoms with Gasteiger partial charge in [0, 0.05) is 25.7 Å². The van der Waals surface area contributed by atoms with Crippen LogP contribution in [-0.4, -0.2) is 59.3 Å². The number of carboxylic acid groups (broad SMARTS) is 2. The SMILES string of the molecule is CC(C)CNC1CC(C(=O)O)CN(CCC(=O)O)C1. The van der Waals surface area contributed by atoms with Crippen molar-refractivity contribution >= 4 is 11.9 Å².